The summed E-state index contributed by atoms with van der Waals surface area (Å²) in [6.07, 6.45) is 0. The molecule has 1 atom stereocenters. The first-order valence-corrected chi connectivity index (χ1v) is 10.5. The van der Waals surface area contributed by atoms with E-state index in [4.69, 9.17) is 4.74 Å². The third-order valence-corrected chi connectivity index (χ3v) is 6.05. The zero-order valence-corrected chi connectivity index (χ0v) is 18.2. The Morgan fingerprint density at radius 2 is 1.97 bits per heavy atom. The van der Waals surface area contributed by atoms with E-state index in [1.807, 2.05) is 55.8 Å². The Morgan fingerprint density at radius 3 is 2.77 bits per heavy atom. The highest BCUT2D eigenvalue weighted by atomic mass is 32.2. The van der Waals surface area contributed by atoms with Crippen LogP contribution >= 0.6 is 11.8 Å². The fourth-order valence-corrected chi connectivity index (χ4v) is 4.08. The molecule has 2 heterocycles. The summed E-state index contributed by atoms with van der Waals surface area (Å²) in [5.74, 6) is 2.17. The molecule has 8 heteroatoms. The summed E-state index contributed by atoms with van der Waals surface area (Å²) in [6, 6.07) is 13.4. The first kappa shape index (κ1) is 20.2. The average Bonchev–Trinajstić information content (AvgIpc) is 3.07. The molecule has 0 aliphatic rings. The Hall–Kier alpha value is -3.13. The lowest BCUT2D eigenvalue weighted by Gasteiger charge is -2.12. The van der Waals surface area contributed by atoms with Gasteiger partial charge in [0.05, 0.1) is 16.2 Å². The summed E-state index contributed by atoms with van der Waals surface area (Å²) in [5.41, 5.74) is 2.84. The van der Waals surface area contributed by atoms with Gasteiger partial charge in [-0.3, -0.25) is 4.79 Å². The Bertz CT molecular complexity index is 1260. The van der Waals surface area contributed by atoms with E-state index in [0.717, 1.165) is 22.3 Å². The van der Waals surface area contributed by atoms with E-state index in [1.54, 1.807) is 6.07 Å². The van der Waals surface area contributed by atoms with Crippen LogP contribution in [0.3, 0.4) is 0 Å². The van der Waals surface area contributed by atoms with Gasteiger partial charge in [0.1, 0.15) is 18.2 Å². The largest absolute Gasteiger partial charge is 0.485 e. The Kier molecular flexibility index (Phi) is 5.59. The van der Waals surface area contributed by atoms with Gasteiger partial charge in [0.25, 0.3) is 5.56 Å². The van der Waals surface area contributed by atoms with Gasteiger partial charge >= 0.3 is 0 Å². The molecule has 0 saturated heterocycles. The Morgan fingerprint density at radius 1 is 1.17 bits per heavy atom. The number of benzene rings is 2. The maximum Gasteiger partial charge on any atom is 0.258 e. The maximum absolute atomic E-state index is 12.3. The number of aryl methyl sites for hydroxylation is 2. The number of H-pyrrole nitrogens is 1. The Labute approximate surface area is 178 Å². The molecule has 0 spiro atoms. The van der Waals surface area contributed by atoms with Crippen LogP contribution in [0.15, 0.2) is 52.4 Å². The molecule has 0 aliphatic heterocycles. The normalized spacial score (nSPS) is 12.3. The lowest BCUT2D eigenvalue weighted by molar-refractivity contribution is 0.288. The molecule has 2 aromatic heterocycles. The quantitative estimate of drug-likeness (QED) is 0.472. The number of para-hydroxylation sites is 1. The fourth-order valence-electron chi connectivity index (χ4n) is 3.19. The lowest BCUT2D eigenvalue weighted by Crippen LogP contribution is -2.13. The first-order chi connectivity index (χ1) is 14.4. The number of fused-ring (bicyclic) bond motifs is 1. The number of nitrogens with one attached hydrogen (secondary N) is 1. The molecule has 7 nitrogen and oxygen atoms in total. The SMILES string of the molecule is Cc1ccc(OCc2nnc(S[C@@H](C)c3nc4ccccc4c(=O)[nH]3)n2C)c(C)c1. The number of aromatic amines is 1. The van der Waals surface area contributed by atoms with Crippen molar-refractivity contribution in [2.75, 3.05) is 0 Å². The van der Waals surface area contributed by atoms with Gasteiger partial charge in [-0.05, 0) is 44.5 Å². The number of hydrogen-bond donors (Lipinski definition) is 1. The van der Waals surface area contributed by atoms with Crippen LogP contribution in [-0.4, -0.2) is 24.7 Å². The second kappa shape index (κ2) is 8.31. The van der Waals surface area contributed by atoms with Gasteiger partial charge in [-0.1, -0.05) is 41.6 Å². The van der Waals surface area contributed by atoms with Crippen LogP contribution in [0.4, 0.5) is 0 Å². The summed E-state index contributed by atoms with van der Waals surface area (Å²) in [4.78, 5) is 19.8. The van der Waals surface area contributed by atoms with E-state index in [2.05, 4.69) is 33.2 Å². The molecule has 4 aromatic rings. The molecule has 0 saturated carbocycles. The summed E-state index contributed by atoms with van der Waals surface area (Å²) < 4.78 is 7.84. The Balaban J connectivity index is 1.49. The van der Waals surface area contributed by atoms with Crippen LogP contribution in [0.2, 0.25) is 0 Å². The second-order valence-electron chi connectivity index (χ2n) is 7.24. The average molecular weight is 422 g/mol. The molecule has 2 aromatic carbocycles. The van der Waals surface area contributed by atoms with Crippen LogP contribution in [0.25, 0.3) is 10.9 Å². The predicted octanol–water partition coefficient (Wildman–Crippen LogP) is 4.10. The van der Waals surface area contributed by atoms with E-state index in [-0.39, 0.29) is 10.8 Å². The van der Waals surface area contributed by atoms with Crippen molar-refractivity contribution in [2.24, 2.45) is 7.05 Å². The predicted molar refractivity (Wildman–Crippen MR) is 118 cm³/mol. The standard InChI is InChI=1S/C22H23N5O2S/c1-13-9-10-18(14(2)11-13)29-12-19-25-26-22(27(19)4)30-15(3)20-23-17-8-6-5-7-16(17)21(28)24-20/h5-11,15H,12H2,1-4H3,(H,23,24,28)/t15-/m0/s1. The van der Waals surface area contributed by atoms with Crippen LogP contribution in [0, 0.1) is 13.8 Å². The van der Waals surface area contributed by atoms with Gasteiger partial charge in [-0.2, -0.15) is 0 Å². The molecule has 0 unspecified atom stereocenters. The molecule has 0 amide bonds. The maximum atomic E-state index is 12.3. The van der Waals surface area contributed by atoms with Gasteiger partial charge in [0.2, 0.25) is 0 Å². The van der Waals surface area contributed by atoms with Crippen LogP contribution in [0.5, 0.6) is 5.75 Å². The van der Waals surface area contributed by atoms with E-state index in [9.17, 15) is 4.79 Å². The molecule has 1 N–H and O–H groups in total. The summed E-state index contributed by atoms with van der Waals surface area (Å²) >= 11 is 1.49. The highest BCUT2D eigenvalue weighted by Crippen LogP contribution is 2.32. The van der Waals surface area contributed by atoms with Gasteiger partial charge in [-0.15, -0.1) is 10.2 Å². The molecular formula is C22H23N5O2S. The molecule has 30 heavy (non-hydrogen) atoms. The topological polar surface area (TPSA) is 85.7 Å². The molecule has 4 rings (SSSR count). The molecule has 0 fully saturated rings. The van der Waals surface area contributed by atoms with E-state index < -0.39 is 0 Å². The lowest BCUT2D eigenvalue weighted by atomic mass is 10.1. The van der Waals surface area contributed by atoms with Crippen molar-refractivity contribution in [1.29, 1.82) is 0 Å². The van der Waals surface area contributed by atoms with Crippen molar-refractivity contribution in [1.82, 2.24) is 24.7 Å². The third kappa shape index (κ3) is 4.09. The minimum atomic E-state index is -0.136. The molecular weight excluding hydrogens is 398 g/mol. The summed E-state index contributed by atoms with van der Waals surface area (Å²) in [6.45, 7) is 6.40. The summed E-state index contributed by atoms with van der Waals surface area (Å²) in [7, 11) is 1.91. The number of rotatable bonds is 6. The number of aromatic nitrogens is 5. The number of thioether (sulfide) groups is 1. The fraction of sp³-hybridized carbons (Fsp3) is 0.273. The van der Waals surface area contributed by atoms with Crippen LogP contribution in [-0.2, 0) is 13.7 Å². The zero-order chi connectivity index (χ0) is 21.3. The van der Waals surface area contributed by atoms with Gasteiger partial charge in [-0.25, -0.2) is 4.98 Å². The number of nitrogens with zero attached hydrogens (tertiary/aromatic N) is 4. The van der Waals surface area contributed by atoms with Crippen molar-refractivity contribution in [2.45, 2.75) is 37.8 Å². The van der Waals surface area contributed by atoms with Crippen molar-refractivity contribution in [3.05, 3.63) is 75.6 Å². The highest BCUT2D eigenvalue weighted by Gasteiger charge is 2.17. The number of hydrogen-bond acceptors (Lipinski definition) is 6. The second-order valence-corrected chi connectivity index (χ2v) is 8.55. The highest BCUT2D eigenvalue weighted by molar-refractivity contribution is 7.99. The van der Waals surface area contributed by atoms with Gasteiger partial charge < -0.3 is 14.3 Å². The molecule has 0 radical (unpaired) electrons. The molecule has 154 valence electrons. The van der Waals surface area contributed by atoms with E-state index in [1.165, 1.54) is 17.3 Å². The molecule has 0 aliphatic carbocycles. The minimum Gasteiger partial charge on any atom is -0.485 e. The first-order valence-electron chi connectivity index (χ1n) is 9.66. The number of ether oxygens (including phenoxy) is 1. The zero-order valence-electron chi connectivity index (χ0n) is 17.3. The molecule has 0 bridgehead atoms. The van der Waals surface area contributed by atoms with Crippen LogP contribution < -0.4 is 10.3 Å². The third-order valence-electron chi connectivity index (χ3n) is 4.91. The van der Waals surface area contributed by atoms with Crippen molar-refractivity contribution in [3.63, 3.8) is 0 Å². The van der Waals surface area contributed by atoms with Crippen molar-refractivity contribution in [3.8, 4) is 5.75 Å². The van der Waals surface area contributed by atoms with Crippen molar-refractivity contribution < 1.29 is 4.74 Å². The monoisotopic (exact) mass is 421 g/mol. The van der Waals surface area contributed by atoms with Gasteiger partial charge in [0, 0.05) is 7.05 Å². The van der Waals surface area contributed by atoms with E-state index >= 15 is 0 Å². The van der Waals surface area contributed by atoms with Crippen LogP contribution in [0.1, 0.15) is 34.9 Å². The van der Waals surface area contributed by atoms with Crippen molar-refractivity contribution >= 4 is 22.7 Å². The van der Waals surface area contributed by atoms with Gasteiger partial charge in [0.15, 0.2) is 11.0 Å². The van der Waals surface area contributed by atoms with E-state index in [0.29, 0.717) is 23.3 Å². The smallest absolute Gasteiger partial charge is 0.258 e. The summed E-state index contributed by atoms with van der Waals surface area (Å²) in [5, 5.41) is 9.78. The minimum absolute atomic E-state index is 0.0988.